The highest BCUT2D eigenvalue weighted by Crippen LogP contribution is 2.30. The molecule has 0 saturated carbocycles. The van der Waals surface area contributed by atoms with Gasteiger partial charge < -0.3 is 38.5 Å². The average Bonchev–Trinajstić information content (AvgIpc) is 2.76. The van der Waals surface area contributed by atoms with E-state index in [4.69, 9.17) is 33.2 Å². The molecule has 5 unspecified atom stereocenters. The summed E-state index contributed by atoms with van der Waals surface area (Å²) in [6.45, 7) is 14.4. The van der Waals surface area contributed by atoms with Gasteiger partial charge in [-0.2, -0.15) is 0 Å². The topological polar surface area (TPSA) is 128 Å². The molecule has 0 bridgehead atoms. The maximum atomic E-state index is 11.8. The predicted octanol–water partition coefficient (Wildman–Crippen LogP) is 1.99. The number of esters is 2. The largest absolute Gasteiger partial charge is 0.460 e. The molecule has 210 valence electrons. The van der Waals surface area contributed by atoms with Gasteiger partial charge in [0.05, 0.1) is 58.8 Å². The molecule has 11 heteroatoms. The monoisotopic (exact) mass is 519 g/mol. The van der Waals surface area contributed by atoms with E-state index < -0.39 is 30.0 Å². The van der Waals surface area contributed by atoms with E-state index in [9.17, 15) is 14.4 Å². The fourth-order valence-corrected chi connectivity index (χ4v) is 3.76. The standard InChI is InChI=1S/C25H45NO10/c1-8-20-17(2)23(34-19(4)28)22(26-18(3)27)24(35-20)33-16-15-32-14-13-31-12-11-30-10-9-21(29)36-25(5,6)7/h17,20,22-24H,8-16H2,1-7H3,(H,26,27). The zero-order chi connectivity index (χ0) is 27.1. The molecule has 1 heterocycles. The first-order valence-corrected chi connectivity index (χ1v) is 12.6. The van der Waals surface area contributed by atoms with Crippen molar-refractivity contribution in [2.75, 3.05) is 46.2 Å². The molecule has 1 saturated heterocycles. The first-order chi connectivity index (χ1) is 16.9. The second-order valence-electron chi connectivity index (χ2n) is 9.65. The van der Waals surface area contributed by atoms with Crippen LogP contribution in [-0.2, 0) is 47.5 Å². The molecule has 0 spiro atoms. The molecule has 36 heavy (non-hydrogen) atoms. The molecule has 0 aromatic carbocycles. The van der Waals surface area contributed by atoms with E-state index in [0.717, 1.165) is 0 Å². The third-order valence-corrected chi connectivity index (χ3v) is 5.26. The van der Waals surface area contributed by atoms with Crippen molar-refractivity contribution in [1.82, 2.24) is 5.32 Å². The van der Waals surface area contributed by atoms with Crippen LogP contribution in [0, 0.1) is 5.92 Å². The van der Waals surface area contributed by atoms with Gasteiger partial charge in [0.15, 0.2) is 6.29 Å². The third-order valence-electron chi connectivity index (χ3n) is 5.26. The Morgan fingerprint density at radius 3 is 1.94 bits per heavy atom. The first-order valence-electron chi connectivity index (χ1n) is 12.6. The highest BCUT2D eigenvalue weighted by atomic mass is 16.7. The van der Waals surface area contributed by atoms with E-state index in [-0.39, 0.29) is 43.5 Å². The van der Waals surface area contributed by atoms with Gasteiger partial charge in [-0.3, -0.25) is 14.4 Å². The summed E-state index contributed by atoms with van der Waals surface area (Å²) in [5.74, 6) is -1.08. The Kier molecular flexibility index (Phi) is 15.1. The van der Waals surface area contributed by atoms with Gasteiger partial charge in [0, 0.05) is 19.8 Å². The summed E-state index contributed by atoms with van der Waals surface area (Å²) < 4.78 is 39.0. The van der Waals surface area contributed by atoms with Crippen LogP contribution in [0.15, 0.2) is 0 Å². The van der Waals surface area contributed by atoms with E-state index in [0.29, 0.717) is 39.5 Å². The van der Waals surface area contributed by atoms with Crippen LogP contribution in [0.4, 0.5) is 0 Å². The van der Waals surface area contributed by atoms with Gasteiger partial charge in [-0.25, -0.2) is 0 Å². The number of carbonyl (C=O) groups excluding carboxylic acids is 3. The van der Waals surface area contributed by atoms with E-state index in [1.165, 1.54) is 13.8 Å². The van der Waals surface area contributed by atoms with Gasteiger partial charge in [-0.05, 0) is 27.2 Å². The second-order valence-corrected chi connectivity index (χ2v) is 9.65. The Morgan fingerprint density at radius 2 is 1.44 bits per heavy atom. The Hall–Kier alpha value is -1.79. The summed E-state index contributed by atoms with van der Waals surface area (Å²) in [6.07, 6.45) is -0.588. The lowest BCUT2D eigenvalue weighted by Gasteiger charge is -2.44. The summed E-state index contributed by atoms with van der Waals surface area (Å²) in [4.78, 5) is 35.0. The van der Waals surface area contributed by atoms with Crippen molar-refractivity contribution in [3.8, 4) is 0 Å². The fraction of sp³-hybridized carbons (Fsp3) is 0.880. The molecular weight excluding hydrogens is 474 g/mol. The highest BCUT2D eigenvalue weighted by Gasteiger charge is 2.46. The minimum absolute atomic E-state index is 0.106. The fourth-order valence-electron chi connectivity index (χ4n) is 3.76. The van der Waals surface area contributed by atoms with Gasteiger partial charge in [-0.15, -0.1) is 0 Å². The first kappa shape index (κ1) is 32.2. The highest BCUT2D eigenvalue weighted by molar-refractivity contribution is 5.73. The predicted molar refractivity (Wildman–Crippen MR) is 130 cm³/mol. The van der Waals surface area contributed by atoms with E-state index in [1.807, 2.05) is 34.6 Å². The molecule has 0 aliphatic carbocycles. The van der Waals surface area contributed by atoms with Gasteiger partial charge in [0.1, 0.15) is 17.7 Å². The Balaban J connectivity index is 2.25. The summed E-state index contributed by atoms with van der Waals surface area (Å²) in [6, 6.07) is -0.622. The van der Waals surface area contributed by atoms with Crippen molar-refractivity contribution in [2.45, 2.75) is 91.4 Å². The quantitative estimate of drug-likeness (QED) is 0.239. The summed E-state index contributed by atoms with van der Waals surface area (Å²) >= 11 is 0. The van der Waals surface area contributed by atoms with Crippen LogP contribution in [0.2, 0.25) is 0 Å². The lowest BCUT2D eigenvalue weighted by molar-refractivity contribution is -0.255. The normalized spacial score (nSPS) is 24.2. The molecule has 11 nitrogen and oxygen atoms in total. The molecule has 1 fully saturated rings. The van der Waals surface area contributed by atoms with Crippen molar-refractivity contribution >= 4 is 17.8 Å². The maximum absolute atomic E-state index is 11.8. The smallest absolute Gasteiger partial charge is 0.308 e. The van der Waals surface area contributed by atoms with Crippen LogP contribution in [0.25, 0.3) is 0 Å². The molecule has 1 N–H and O–H groups in total. The Morgan fingerprint density at radius 1 is 0.889 bits per heavy atom. The SMILES string of the molecule is CCC1OC(OCCOCCOCCOCCC(=O)OC(C)(C)C)C(NC(C)=O)C(OC(C)=O)C1C. The van der Waals surface area contributed by atoms with E-state index in [1.54, 1.807) is 0 Å². The summed E-state index contributed by atoms with van der Waals surface area (Å²) in [5, 5.41) is 2.80. The maximum Gasteiger partial charge on any atom is 0.308 e. The Labute approximate surface area is 214 Å². The third kappa shape index (κ3) is 13.5. The van der Waals surface area contributed by atoms with Crippen molar-refractivity contribution < 1.29 is 47.5 Å². The lowest BCUT2D eigenvalue weighted by atomic mass is 9.87. The average molecular weight is 520 g/mol. The van der Waals surface area contributed by atoms with Crippen molar-refractivity contribution in [2.24, 2.45) is 5.92 Å². The molecule has 0 aromatic heterocycles. The van der Waals surface area contributed by atoms with Crippen LogP contribution in [0.1, 0.15) is 61.3 Å². The number of carbonyl (C=O) groups is 3. The number of ether oxygens (including phenoxy) is 7. The van der Waals surface area contributed by atoms with E-state index >= 15 is 0 Å². The lowest BCUT2D eigenvalue weighted by Crippen LogP contribution is -2.62. The molecule has 1 rings (SSSR count). The number of hydrogen-bond donors (Lipinski definition) is 1. The molecule has 1 aliphatic rings. The number of amides is 1. The van der Waals surface area contributed by atoms with Crippen LogP contribution in [0.3, 0.4) is 0 Å². The molecule has 0 aromatic rings. The number of rotatable bonds is 16. The van der Waals surface area contributed by atoms with Gasteiger partial charge in [0.25, 0.3) is 0 Å². The minimum atomic E-state index is -0.767. The van der Waals surface area contributed by atoms with Gasteiger partial charge in [-0.1, -0.05) is 13.8 Å². The minimum Gasteiger partial charge on any atom is -0.460 e. The van der Waals surface area contributed by atoms with Crippen molar-refractivity contribution in [3.63, 3.8) is 0 Å². The van der Waals surface area contributed by atoms with Crippen LogP contribution in [-0.4, -0.2) is 94.2 Å². The van der Waals surface area contributed by atoms with Crippen molar-refractivity contribution in [1.29, 1.82) is 0 Å². The molecular formula is C25H45NO10. The summed E-state index contributed by atoms with van der Waals surface area (Å²) in [5.41, 5.74) is -0.495. The molecule has 1 aliphatic heterocycles. The Bertz CT molecular complexity index is 666. The van der Waals surface area contributed by atoms with Gasteiger partial charge >= 0.3 is 11.9 Å². The summed E-state index contributed by atoms with van der Waals surface area (Å²) in [7, 11) is 0. The second kappa shape index (κ2) is 16.9. The zero-order valence-electron chi connectivity index (χ0n) is 22.8. The number of nitrogens with one attached hydrogen (secondary N) is 1. The van der Waals surface area contributed by atoms with Crippen LogP contribution in [0.5, 0.6) is 0 Å². The zero-order valence-corrected chi connectivity index (χ0v) is 22.8. The number of hydrogen-bond acceptors (Lipinski definition) is 10. The van der Waals surface area contributed by atoms with Crippen molar-refractivity contribution in [3.05, 3.63) is 0 Å². The van der Waals surface area contributed by atoms with Crippen LogP contribution >= 0.6 is 0 Å². The van der Waals surface area contributed by atoms with Crippen LogP contribution < -0.4 is 5.32 Å². The molecule has 1 amide bonds. The van der Waals surface area contributed by atoms with E-state index in [2.05, 4.69) is 5.32 Å². The molecule has 5 atom stereocenters. The van der Waals surface area contributed by atoms with Gasteiger partial charge in [0.2, 0.25) is 5.91 Å². The molecule has 0 radical (unpaired) electrons.